The van der Waals surface area contributed by atoms with Crippen molar-refractivity contribution in [3.05, 3.63) is 0 Å². The van der Waals surface area contributed by atoms with Crippen LogP contribution in [0.2, 0.25) is 0 Å². The molecule has 1 saturated carbocycles. The Balaban J connectivity index is 2.03. The van der Waals surface area contributed by atoms with Gasteiger partial charge in [0.2, 0.25) is 5.91 Å². The lowest BCUT2D eigenvalue weighted by atomic mass is 10.0. The topological polar surface area (TPSA) is 38.3 Å². The van der Waals surface area contributed by atoms with Gasteiger partial charge >= 0.3 is 0 Å². The third-order valence-corrected chi connectivity index (χ3v) is 2.36. The van der Waals surface area contributed by atoms with Crippen LogP contribution in [0.4, 0.5) is 0 Å². The van der Waals surface area contributed by atoms with Gasteiger partial charge in [-0.1, -0.05) is 6.42 Å². The first-order valence-corrected chi connectivity index (χ1v) is 3.81. The minimum Gasteiger partial charge on any atom is -0.273 e. The van der Waals surface area contributed by atoms with Crippen LogP contribution in [-0.2, 0) is 9.63 Å². The third-order valence-electron chi connectivity index (χ3n) is 2.36. The minimum atomic E-state index is 0.0446. The zero-order valence-corrected chi connectivity index (χ0v) is 5.80. The van der Waals surface area contributed by atoms with Gasteiger partial charge in [0.25, 0.3) is 0 Å². The zero-order chi connectivity index (χ0) is 6.97. The van der Waals surface area contributed by atoms with E-state index in [0.29, 0.717) is 18.4 Å². The number of amides is 1. The zero-order valence-electron chi connectivity index (χ0n) is 5.80. The predicted octanol–water partition coefficient (Wildman–Crippen LogP) is 0.607. The van der Waals surface area contributed by atoms with E-state index in [9.17, 15) is 4.79 Å². The fraction of sp³-hybridized carbons (Fsp3) is 0.857. The fourth-order valence-corrected chi connectivity index (χ4v) is 1.81. The molecule has 0 aromatic carbocycles. The number of carbonyl (C=O) groups excluding carboxylic acids is 1. The summed E-state index contributed by atoms with van der Waals surface area (Å²) in [4.78, 5) is 15.9. The number of hydrogen-bond acceptors (Lipinski definition) is 2. The molecule has 1 aliphatic heterocycles. The monoisotopic (exact) mass is 141 g/mol. The van der Waals surface area contributed by atoms with Gasteiger partial charge in [-0.05, 0) is 18.8 Å². The van der Waals surface area contributed by atoms with Crippen LogP contribution < -0.4 is 5.48 Å². The number of rotatable bonds is 0. The van der Waals surface area contributed by atoms with Gasteiger partial charge in [0, 0.05) is 6.42 Å². The van der Waals surface area contributed by atoms with Crippen molar-refractivity contribution >= 4 is 5.91 Å². The van der Waals surface area contributed by atoms with E-state index < -0.39 is 0 Å². The number of carbonyl (C=O) groups is 1. The van der Waals surface area contributed by atoms with Crippen molar-refractivity contribution in [2.75, 3.05) is 0 Å². The summed E-state index contributed by atoms with van der Waals surface area (Å²) in [6, 6.07) is 0. The van der Waals surface area contributed by atoms with E-state index in [1.807, 2.05) is 0 Å². The molecule has 0 aromatic heterocycles. The molecule has 1 amide bonds. The molecule has 0 spiro atoms. The molecular formula is C7H11NO2. The molecule has 2 aliphatic rings. The number of nitrogens with one attached hydrogen (secondary N) is 1. The molecule has 1 aliphatic carbocycles. The molecule has 2 rings (SSSR count). The van der Waals surface area contributed by atoms with Crippen LogP contribution in [0.1, 0.15) is 25.7 Å². The van der Waals surface area contributed by atoms with Crippen LogP contribution in [0.15, 0.2) is 0 Å². The number of hydrogen-bond donors (Lipinski definition) is 1. The van der Waals surface area contributed by atoms with Crippen molar-refractivity contribution in [3.8, 4) is 0 Å². The molecule has 0 bridgehead atoms. The molecule has 2 unspecified atom stereocenters. The van der Waals surface area contributed by atoms with Crippen molar-refractivity contribution < 1.29 is 9.63 Å². The Kier molecular flexibility index (Phi) is 1.38. The van der Waals surface area contributed by atoms with Crippen LogP contribution in [0.25, 0.3) is 0 Å². The maximum atomic E-state index is 10.8. The minimum absolute atomic E-state index is 0.0446. The van der Waals surface area contributed by atoms with Crippen molar-refractivity contribution in [1.82, 2.24) is 5.48 Å². The molecule has 2 fully saturated rings. The first-order chi connectivity index (χ1) is 4.86. The molecule has 3 heteroatoms. The lowest BCUT2D eigenvalue weighted by Crippen LogP contribution is -2.39. The SMILES string of the molecule is O=C1CC2CCCC2ON1. The highest BCUT2D eigenvalue weighted by atomic mass is 16.7. The van der Waals surface area contributed by atoms with E-state index in [1.54, 1.807) is 0 Å². The maximum absolute atomic E-state index is 10.8. The van der Waals surface area contributed by atoms with E-state index in [4.69, 9.17) is 4.84 Å². The molecule has 1 saturated heterocycles. The summed E-state index contributed by atoms with van der Waals surface area (Å²) in [5.74, 6) is 0.553. The van der Waals surface area contributed by atoms with E-state index >= 15 is 0 Å². The average molecular weight is 141 g/mol. The summed E-state index contributed by atoms with van der Waals surface area (Å²) >= 11 is 0. The Labute approximate surface area is 59.7 Å². The molecule has 2 atom stereocenters. The fourth-order valence-electron chi connectivity index (χ4n) is 1.81. The van der Waals surface area contributed by atoms with Gasteiger partial charge in [-0.3, -0.25) is 9.63 Å². The maximum Gasteiger partial charge on any atom is 0.243 e. The second-order valence-electron chi connectivity index (χ2n) is 3.08. The van der Waals surface area contributed by atoms with Gasteiger partial charge in [-0.15, -0.1) is 0 Å². The van der Waals surface area contributed by atoms with Crippen LogP contribution >= 0.6 is 0 Å². The predicted molar refractivity (Wildman–Crippen MR) is 35.0 cm³/mol. The molecule has 0 radical (unpaired) electrons. The van der Waals surface area contributed by atoms with Gasteiger partial charge in [0.05, 0.1) is 6.10 Å². The lowest BCUT2D eigenvalue weighted by Gasteiger charge is -2.24. The third kappa shape index (κ3) is 0.904. The molecule has 1 N–H and O–H groups in total. The van der Waals surface area contributed by atoms with Crippen molar-refractivity contribution in [3.63, 3.8) is 0 Å². The number of fused-ring (bicyclic) bond motifs is 1. The average Bonchev–Trinajstić information content (AvgIpc) is 2.33. The Morgan fingerprint density at radius 1 is 1.50 bits per heavy atom. The van der Waals surface area contributed by atoms with E-state index in [2.05, 4.69) is 5.48 Å². The van der Waals surface area contributed by atoms with Gasteiger partial charge < -0.3 is 0 Å². The molecular weight excluding hydrogens is 130 g/mol. The Morgan fingerprint density at radius 2 is 2.40 bits per heavy atom. The van der Waals surface area contributed by atoms with Crippen molar-refractivity contribution in [2.45, 2.75) is 31.8 Å². The standard InChI is InChI=1S/C7H11NO2/c9-7-4-5-2-1-3-6(5)10-8-7/h5-6H,1-4H2,(H,8,9). The van der Waals surface area contributed by atoms with Crippen molar-refractivity contribution in [1.29, 1.82) is 0 Å². The van der Waals surface area contributed by atoms with E-state index in [-0.39, 0.29) is 5.91 Å². The summed E-state index contributed by atoms with van der Waals surface area (Å²) in [5, 5.41) is 0. The van der Waals surface area contributed by atoms with Crippen LogP contribution in [0.5, 0.6) is 0 Å². The summed E-state index contributed by atoms with van der Waals surface area (Å²) in [5.41, 5.74) is 2.41. The Morgan fingerprint density at radius 3 is 3.30 bits per heavy atom. The summed E-state index contributed by atoms with van der Waals surface area (Å²) in [6.45, 7) is 0. The first kappa shape index (κ1) is 6.16. The highest BCUT2D eigenvalue weighted by molar-refractivity contribution is 5.75. The van der Waals surface area contributed by atoms with Crippen LogP contribution in [-0.4, -0.2) is 12.0 Å². The molecule has 3 nitrogen and oxygen atoms in total. The highest BCUT2D eigenvalue weighted by Gasteiger charge is 2.34. The number of hydroxylamine groups is 1. The van der Waals surface area contributed by atoms with Gasteiger partial charge in [0.1, 0.15) is 0 Å². The van der Waals surface area contributed by atoms with Crippen LogP contribution in [0.3, 0.4) is 0 Å². The lowest BCUT2D eigenvalue weighted by molar-refractivity contribution is -0.152. The van der Waals surface area contributed by atoms with Crippen molar-refractivity contribution in [2.24, 2.45) is 5.92 Å². The summed E-state index contributed by atoms with van der Waals surface area (Å²) in [7, 11) is 0. The smallest absolute Gasteiger partial charge is 0.243 e. The molecule has 56 valence electrons. The second-order valence-corrected chi connectivity index (χ2v) is 3.08. The quantitative estimate of drug-likeness (QED) is 0.536. The summed E-state index contributed by atoms with van der Waals surface area (Å²) in [6.07, 6.45) is 4.48. The van der Waals surface area contributed by atoms with E-state index in [0.717, 1.165) is 12.8 Å². The molecule has 0 aromatic rings. The van der Waals surface area contributed by atoms with Crippen LogP contribution in [0, 0.1) is 5.92 Å². The highest BCUT2D eigenvalue weighted by Crippen LogP contribution is 2.32. The Bertz CT molecular complexity index is 158. The van der Waals surface area contributed by atoms with E-state index in [1.165, 1.54) is 6.42 Å². The second kappa shape index (κ2) is 2.23. The Hall–Kier alpha value is -0.570. The van der Waals surface area contributed by atoms with Gasteiger partial charge in [-0.2, -0.15) is 0 Å². The van der Waals surface area contributed by atoms with Gasteiger partial charge in [-0.25, -0.2) is 5.48 Å². The normalized spacial score (nSPS) is 39.0. The molecule has 10 heavy (non-hydrogen) atoms. The largest absolute Gasteiger partial charge is 0.273 e. The molecule has 1 heterocycles. The first-order valence-electron chi connectivity index (χ1n) is 3.81. The summed E-state index contributed by atoms with van der Waals surface area (Å²) < 4.78 is 0. The van der Waals surface area contributed by atoms with Gasteiger partial charge in [0.15, 0.2) is 0 Å².